The number of anilines is 1. The normalized spacial score (nSPS) is 10.6. The smallest absolute Gasteiger partial charge is 0.234 e. The second-order valence-corrected chi connectivity index (χ2v) is 8.85. The molecule has 0 aliphatic heterocycles. The van der Waals surface area contributed by atoms with Gasteiger partial charge in [0.25, 0.3) is 0 Å². The average molecular weight is 507 g/mol. The first-order valence-electron chi connectivity index (χ1n) is 10.7. The van der Waals surface area contributed by atoms with Crippen LogP contribution in [0.2, 0.25) is 5.02 Å². The SMILES string of the molecule is COc1ccc(-c2nnc(SCC(=O)Nc3cccc(Cl)c3C)nc2-c2ccc(OC)cc2)cc1. The number of nitrogens with zero attached hydrogens (tertiary/aromatic N) is 3. The number of benzene rings is 3. The Morgan fingerprint density at radius 1 is 0.886 bits per heavy atom. The largest absolute Gasteiger partial charge is 0.497 e. The number of rotatable bonds is 8. The van der Waals surface area contributed by atoms with Crippen molar-refractivity contribution < 1.29 is 14.3 Å². The van der Waals surface area contributed by atoms with Gasteiger partial charge < -0.3 is 14.8 Å². The molecular weight excluding hydrogens is 484 g/mol. The molecule has 1 amide bonds. The van der Waals surface area contributed by atoms with Crippen LogP contribution in [0.4, 0.5) is 5.69 Å². The highest BCUT2D eigenvalue weighted by atomic mass is 35.5. The maximum Gasteiger partial charge on any atom is 0.234 e. The van der Waals surface area contributed by atoms with Gasteiger partial charge in [-0.2, -0.15) is 0 Å². The third kappa shape index (κ3) is 5.90. The molecule has 0 unspecified atom stereocenters. The van der Waals surface area contributed by atoms with Gasteiger partial charge in [0.2, 0.25) is 11.1 Å². The van der Waals surface area contributed by atoms with E-state index in [4.69, 9.17) is 26.1 Å². The molecule has 7 nitrogen and oxygen atoms in total. The van der Waals surface area contributed by atoms with Crippen LogP contribution in [0.1, 0.15) is 5.56 Å². The van der Waals surface area contributed by atoms with Crippen LogP contribution in [-0.2, 0) is 4.79 Å². The number of nitrogens with one attached hydrogen (secondary N) is 1. The summed E-state index contributed by atoms with van der Waals surface area (Å²) >= 11 is 7.36. The molecule has 3 aromatic carbocycles. The first-order valence-corrected chi connectivity index (χ1v) is 12.1. The van der Waals surface area contributed by atoms with Crippen LogP contribution < -0.4 is 14.8 Å². The summed E-state index contributed by atoms with van der Waals surface area (Å²) in [5.74, 6) is 1.42. The highest BCUT2D eigenvalue weighted by Gasteiger charge is 2.16. The van der Waals surface area contributed by atoms with Gasteiger partial charge in [0.05, 0.1) is 20.0 Å². The van der Waals surface area contributed by atoms with Gasteiger partial charge in [-0.15, -0.1) is 10.2 Å². The lowest BCUT2D eigenvalue weighted by Gasteiger charge is -2.11. The van der Waals surface area contributed by atoms with Crippen molar-refractivity contribution in [1.82, 2.24) is 15.2 Å². The molecule has 0 aliphatic rings. The topological polar surface area (TPSA) is 86.2 Å². The van der Waals surface area contributed by atoms with Crippen molar-refractivity contribution in [2.45, 2.75) is 12.1 Å². The monoisotopic (exact) mass is 506 g/mol. The number of hydrogen-bond acceptors (Lipinski definition) is 7. The summed E-state index contributed by atoms with van der Waals surface area (Å²) in [7, 11) is 3.24. The second-order valence-electron chi connectivity index (χ2n) is 7.50. The van der Waals surface area contributed by atoms with Crippen LogP contribution in [0.15, 0.2) is 71.9 Å². The molecule has 0 fully saturated rings. The Morgan fingerprint density at radius 2 is 1.49 bits per heavy atom. The van der Waals surface area contributed by atoms with Crippen LogP contribution >= 0.6 is 23.4 Å². The first kappa shape index (κ1) is 24.5. The Bertz CT molecular complexity index is 1330. The minimum Gasteiger partial charge on any atom is -0.497 e. The van der Waals surface area contributed by atoms with E-state index in [1.54, 1.807) is 26.4 Å². The Hall–Kier alpha value is -3.62. The maximum atomic E-state index is 12.5. The van der Waals surface area contributed by atoms with Crippen LogP contribution in [0, 0.1) is 6.92 Å². The van der Waals surface area contributed by atoms with Crippen molar-refractivity contribution in [3.63, 3.8) is 0 Å². The molecular formula is C26H23ClN4O3S. The van der Waals surface area contributed by atoms with Crippen molar-refractivity contribution in [3.05, 3.63) is 77.3 Å². The van der Waals surface area contributed by atoms with Crippen LogP contribution in [0.5, 0.6) is 11.5 Å². The number of hydrogen-bond donors (Lipinski definition) is 1. The lowest BCUT2D eigenvalue weighted by molar-refractivity contribution is -0.113. The number of methoxy groups -OCH3 is 2. The Kier molecular flexibility index (Phi) is 7.84. The van der Waals surface area contributed by atoms with Gasteiger partial charge in [0, 0.05) is 21.8 Å². The van der Waals surface area contributed by atoms with E-state index in [0.29, 0.717) is 27.3 Å². The van der Waals surface area contributed by atoms with E-state index in [-0.39, 0.29) is 11.7 Å². The summed E-state index contributed by atoms with van der Waals surface area (Å²) in [6.45, 7) is 1.86. The summed E-state index contributed by atoms with van der Waals surface area (Å²) < 4.78 is 10.5. The molecule has 4 rings (SSSR count). The minimum atomic E-state index is -0.186. The second kappa shape index (κ2) is 11.2. The Balaban J connectivity index is 1.59. The summed E-state index contributed by atoms with van der Waals surface area (Å²) in [5.41, 5.74) is 4.48. The number of halogens is 1. The van der Waals surface area contributed by atoms with Crippen molar-refractivity contribution in [3.8, 4) is 34.0 Å². The molecule has 0 aliphatic carbocycles. The summed E-state index contributed by atoms with van der Waals surface area (Å²) in [6, 6.07) is 20.5. The summed E-state index contributed by atoms with van der Waals surface area (Å²) in [4.78, 5) is 17.3. The minimum absolute atomic E-state index is 0.123. The molecule has 4 aromatic rings. The van der Waals surface area contributed by atoms with Crippen molar-refractivity contribution in [2.75, 3.05) is 25.3 Å². The molecule has 1 heterocycles. The Morgan fingerprint density at radius 3 is 2.09 bits per heavy atom. The summed E-state index contributed by atoms with van der Waals surface area (Å²) in [6.07, 6.45) is 0. The van der Waals surface area contributed by atoms with E-state index in [0.717, 1.165) is 28.2 Å². The van der Waals surface area contributed by atoms with E-state index in [9.17, 15) is 4.79 Å². The summed E-state index contributed by atoms with van der Waals surface area (Å²) in [5, 5.41) is 12.6. The number of carbonyl (C=O) groups excluding carboxylic acids is 1. The molecule has 35 heavy (non-hydrogen) atoms. The number of amides is 1. The molecule has 1 N–H and O–H groups in total. The predicted molar refractivity (Wildman–Crippen MR) is 139 cm³/mol. The van der Waals surface area contributed by atoms with Gasteiger partial charge in [-0.1, -0.05) is 29.4 Å². The molecule has 0 saturated heterocycles. The molecule has 0 bridgehead atoms. The number of ether oxygens (including phenoxy) is 2. The molecule has 178 valence electrons. The first-order chi connectivity index (χ1) is 17.0. The molecule has 9 heteroatoms. The van der Waals surface area contributed by atoms with Crippen molar-refractivity contribution >= 4 is 35.0 Å². The van der Waals surface area contributed by atoms with Gasteiger partial charge in [-0.25, -0.2) is 4.98 Å². The van der Waals surface area contributed by atoms with Gasteiger partial charge in [-0.3, -0.25) is 4.79 Å². The lowest BCUT2D eigenvalue weighted by Crippen LogP contribution is -2.15. The molecule has 0 spiro atoms. The zero-order valence-corrected chi connectivity index (χ0v) is 21.0. The quantitative estimate of drug-likeness (QED) is 0.297. The van der Waals surface area contributed by atoms with Crippen LogP contribution in [-0.4, -0.2) is 41.1 Å². The highest BCUT2D eigenvalue weighted by molar-refractivity contribution is 7.99. The lowest BCUT2D eigenvalue weighted by atomic mass is 10.0. The fourth-order valence-electron chi connectivity index (χ4n) is 3.33. The van der Waals surface area contributed by atoms with Gasteiger partial charge in [-0.05, 0) is 73.2 Å². The van der Waals surface area contributed by atoms with E-state index in [1.807, 2.05) is 61.5 Å². The van der Waals surface area contributed by atoms with E-state index >= 15 is 0 Å². The molecule has 1 aromatic heterocycles. The van der Waals surface area contributed by atoms with Gasteiger partial charge in [0.15, 0.2) is 0 Å². The number of carbonyl (C=O) groups is 1. The highest BCUT2D eigenvalue weighted by Crippen LogP contribution is 2.32. The molecule has 0 saturated carbocycles. The molecule has 0 atom stereocenters. The standard InChI is InChI=1S/C26H23ClN4O3S/c1-16-21(27)5-4-6-22(16)28-23(32)15-35-26-29-24(17-7-11-19(33-2)12-8-17)25(30-31-26)18-9-13-20(34-3)14-10-18/h4-14H,15H2,1-3H3,(H,28,32). The third-order valence-electron chi connectivity index (χ3n) is 5.27. The van der Waals surface area contributed by atoms with Crippen molar-refractivity contribution in [2.24, 2.45) is 0 Å². The van der Waals surface area contributed by atoms with E-state index in [1.165, 1.54) is 11.8 Å². The third-order valence-corrected chi connectivity index (χ3v) is 6.52. The van der Waals surface area contributed by atoms with Crippen molar-refractivity contribution in [1.29, 1.82) is 0 Å². The van der Waals surface area contributed by atoms with Gasteiger partial charge >= 0.3 is 0 Å². The Labute approximate surface area is 212 Å². The number of thioether (sulfide) groups is 1. The zero-order chi connectivity index (χ0) is 24.8. The number of aromatic nitrogens is 3. The molecule has 0 radical (unpaired) electrons. The van der Waals surface area contributed by atoms with Crippen LogP contribution in [0.25, 0.3) is 22.5 Å². The average Bonchev–Trinajstić information content (AvgIpc) is 2.90. The maximum absolute atomic E-state index is 12.5. The van der Waals surface area contributed by atoms with E-state index < -0.39 is 0 Å². The van der Waals surface area contributed by atoms with Crippen LogP contribution in [0.3, 0.4) is 0 Å². The van der Waals surface area contributed by atoms with Gasteiger partial charge in [0.1, 0.15) is 22.9 Å². The fourth-order valence-corrected chi connectivity index (χ4v) is 4.09. The predicted octanol–water partition coefficient (Wildman–Crippen LogP) is 5.92. The van der Waals surface area contributed by atoms with E-state index in [2.05, 4.69) is 15.5 Å². The fraction of sp³-hybridized carbons (Fsp3) is 0.154. The zero-order valence-electron chi connectivity index (χ0n) is 19.4.